The topological polar surface area (TPSA) is 59.1 Å². The summed E-state index contributed by atoms with van der Waals surface area (Å²) < 4.78 is 65.5. The maximum atomic E-state index is 12.6. The molecule has 0 unspecified atom stereocenters. The van der Waals surface area contributed by atoms with Gasteiger partial charge in [0.1, 0.15) is 0 Å². The number of pyridine rings is 1. The molecule has 1 aromatic heterocycles. The molecule has 0 aliphatic carbocycles. The second-order valence-electron chi connectivity index (χ2n) is 7.42. The average molecular weight is 400 g/mol. The van der Waals surface area contributed by atoms with Gasteiger partial charge >= 0.3 is 6.18 Å². The fourth-order valence-corrected chi connectivity index (χ4v) is 3.83. The first-order valence-corrected chi connectivity index (χ1v) is 9.94. The Morgan fingerprint density at radius 1 is 1.11 bits per heavy atom. The molecule has 0 aliphatic heterocycles. The summed E-state index contributed by atoms with van der Waals surface area (Å²) in [6.45, 7) is 9.91. The monoisotopic (exact) mass is 400 g/mol. The largest absolute Gasteiger partial charge is 0.417 e. The van der Waals surface area contributed by atoms with Crippen LogP contribution in [-0.4, -0.2) is 13.4 Å². The lowest BCUT2D eigenvalue weighted by Gasteiger charge is -2.25. The molecule has 0 aliphatic rings. The van der Waals surface area contributed by atoms with Gasteiger partial charge in [-0.3, -0.25) is 4.72 Å². The van der Waals surface area contributed by atoms with E-state index in [0.717, 1.165) is 29.2 Å². The fourth-order valence-electron chi connectivity index (χ4n) is 2.77. The number of rotatable bonds is 4. The summed E-state index contributed by atoms with van der Waals surface area (Å²) >= 11 is 0. The van der Waals surface area contributed by atoms with Gasteiger partial charge in [0, 0.05) is 6.20 Å². The molecular weight excluding hydrogens is 377 g/mol. The van der Waals surface area contributed by atoms with E-state index in [9.17, 15) is 21.6 Å². The SMILES string of the molecule is CCc1cc(C)c(NS(=O)(=O)c2ccc(C(F)(F)F)cn2)cc1C(C)(C)C. The van der Waals surface area contributed by atoms with Crippen molar-refractivity contribution in [1.29, 1.82) is 0 Å². The number of hydrogen-bond donors (Lipinski definition) is 1. The summed E-state index contributed by atoms with van der Waals surface area (Å²) in [5.74, 6) is 0. The number of hydrogen-bond acceptors (Lipinski definition) is 3. The number of aromatic nitrogens is 1. The van der Waals surface area contributed by atoms with Gasteiger partial charge in [0.25, 0.3) is 10.0 Å². The second-order valence-corrected chi connectivity index (χ2v) is 9.05. The maximum Gasteiger partial charge on any atom is 0.417 e. The van der Waals surface area contributed by atoms with Gasteiger partial charge in [0.05, 0.1) is 11.3 Å². The van der Waals surface area contributed by atoms with Gasteiger partial charge in [0.2, 0.25) is 0 Å². The summed E-state index contributed by atoms with van der Waals surface area (Å²) in [7, 11) is -4.11. The minimum Gasteiger partial charge on any atom is -0.278 e. The van der Waals surface area contributed by atoms with Crippen molar-refractivity contribution in [2.45, 2.75) is 57.7 Å². The lowest BCUT2D eigenvalue weighted by Crippen LogP contribution is -2.19. The van der Waals surface area contributed by atoms with Gasteiger partial charge < -0.3 is 0 Å². The molecule has 0 saturated heterocycles. The number of benzene rings is 1. The molecule has 4 nitrogen and oxygen atoms in total. The van der Waals surface area contributed by atoms with Crippen LogP contribution in [0.3, 0.4) is 0 Å². The van der Waals surface area contributed by atoms with E-state index >= 15 is 0 Å². The van der Waals surface area contributed by atoms with Gasteiger partial charge in [-0.1, -0.05) is 33.8 Å². The summed E-state index contributed by atoms with van der Waals surface area (Å²) in [6, 6.07) is 5.27. The molecule has 0 atom stereocenters. The first kappa shape index (κ1) is 21.2. The number of alkyl halides is 3. The Kier molecular flexibility index (Phi) is 5.61. The molecule has 27 heavy (non-hydrogen) atoms. The molecule has 1 aromatic carbocycles. The minimum absolute atomic E-state index is 0.189. The van der Waals surface area contributed by atoms with Crippen LogP contribution in [0.2, 0.25) is 0 Å². The smallest absolute Gasteiger partial charge is 0.278 e. The zero-order chi connectivity index (χ0) is 20.6. The summed E-state index contributed by atoms with van der Waals surface area (Å²) in [5, 5.41) is -0.466. The average Bonchev–Trinajstić information content (AvgIpc) is 2.54. The van der Waals surface area contributed by atoms with E-state index in [1.165, 1.54) is 0 Å². The lowest BCUT2D eigenvalue weighted by molar-refractivity contribution is -0.137. The van der Waals surface area contributed by atoms with Crippen LogP contribution < -0.4 is 4.72 Å². The Labute approximate surface area is 157 Å². The molecule has 0 spiro atoms. The highest BCUT2D eigenvalue weighted by atomic mass is 32.2. The number of nitrogens with zero attached hydrogens (tertiary/aromatic N) is 1. The molecule has 0 bridgehead atoms. The van der Waals surface area contributed by atoms with Crippen LogP contribution in [0.25, 0.3) is 0 Å². The van der Waals surface area contributed by atoms with Gasteiger partial charge in [0.15, 0.2) is 5.03 Å². The summed E-state index contributed by atoms with van der Waals surface area (Å²) in [4.78, 5) is 3.48. The Morgan fingerprint density at radius 3 is 2.19 bits per heavy atom. The van der Waals surface area contributed by atoms with Crippen LogP contribution in [-0.2, 0) is 28.0 Å². The Balaban J connectivity index is 2.43. The third-order valence-corrected chi connectivity index (χ3v) is 5.50. The number of aryl methyl sites for hydroxylation is 2. The quantitative estimate of drug-likeness (QED) is 0.780. The molecule has 2 rings (SSSR count). The van der Waals surface area contributed by atoms with Crippen LogP contribution in [0.15, 0.2) is 35.5 Å². The van der Waals surface area contributed by atoms with Gasteiger partial charge in [-0.25, -0.2) is 4.98 Å². The van der Waals surface area contributed by atoms with Crippen LogP contribution in [0.5, 0.6) is 0 Å². The van der Waals surface area contributed by atoms with Crippen molar-refractivity contribution in [3.63, 3.8) is 0 Å². The molecule has 1 heterocycles. The number of sulfonamides is 1. The normalized spacial score (nSPS) is 12.9. The molecule has 0 amide bonds. The van der Waals surface area contributed by atoms with Gasteiger partial charge in [-0.2, -0.15) is 21.6 Å². The van der Waals surface area contributed by atoms with E-state index in [1.54, 1.807) is 13.0 Å². The zero-order valence-corrected chi connectivity index (χ0v) is 16.7. The molecule has 0 fully saturated rings. The van der Waals surface area contributed by atoms with Crippen LogP contribution in [0.1, 0.15) is 49.9 Å². The van der Waals surface area contributed by atoms with Crippen LogP contribution >= 0.6 is 0 Å². The standard InChI is InChI=1S/C19H23F3N2O2S/c1-6-13-9-12(2)16(10-15(13)18(3,4)5)24-27(25,26)17-8-7-14(11-23-17)19(20,21)22/h7-11,24H,6H2,1-5H3. The molecule has 0 saturated carbocycles. The molecule has 148 valence electrons. The van der Waals surface area contributed by atoms with Crippen LogP contribution in [0.4, 0.5) is 18.9 Å². The second kappa shape index (κ2) is 7.14. The third kappa shape index (κ3) is 4.80. The predicted octanol–water partition coefficient (Wildman–Crippen LogP) is 5.07. The van der Waals surface area contributed by atoms with Crippen molar-refractivity contribution in [2.24, 2.45) is 0 Å². The number of nitrogens with one attached hydrogen (secondary N) is 1. The third-order valence-electron chi connectivity index (χ3n) is 4.22. The van der Waals surface area contributed by atoms with Crippen molar-refractivity contribution >= 4 is 15.7 Å². The van der Waals surface area contributed by atoms with Gasteiger partial charge in [-0.15, -0.1) is 0 Å². The van der Waals surface area contributed by atoms with Crippen LogP contribution in [0, 0.1) is 6.92 Å². The molecule has 0 radical (unpaired) electrons. The van der Waals surface area contributed by atoms with Crippen molar-refractivity contribution in [1.82, 2.24) is 4.98 Å². The van der Waals surface area contributed by atoms with E-state index in [-0.39, 0.29) is 5.41 Å². The first-order valence-electron chi connectivity index (χ1n) is 8.46. The number of halogens is 3. The molecule has 2 aromatic rings. The van der Waals surface area contributed by atoms with Crippen molar-refractivity contribution in [3.05, 3.63) is 52.7 Å². The summed E-state index contributed by atoms with van der Waals surface area (Å²) in [6.07, 6.45) is -3.25. The van der Waals surface area contributed by atoms with Crippen molar-refractivity contribution in [2.75, 3.05) is 4.72 Å². The number of anilines is 1. The van der Waals surface area contributed by atoms with E-state index in [0.29, 0.717) is 18.0 Å². The van der Waals surface area contributed by atoms with E-state index < -0.39 is 26.8 Å². The molecule has 8 heteroatoms. The highest BCUT2D eigenvalue weighted by Crippen LogP contribution is 2.32. The molecule has 1 N–H and O–H groups in total. The van der Waals surface area contributed by atoms with Crippen molar-refractivity contribution in [3.8, 4) is 0 Å². The Bertz CT molecular complexity index is 929. The summed E-state index contributed by atoms with van der Waals surface area (Å²) in [5.41, 5.74) is 2.06. The van der Waals surface area contributed by atoms with Gasteiger partial charge in [-0.05, 0) is 53.6 Å². The Morgan fingerprint density at radius 2 is 1.74 bits per heavy atom. The fraction of sp³-hybridized carbons (Fsp3) is 0.421. The highest BCUT2D eigenvalue weighted by molar-refractivity contribution is 7.92. The predicted molar refractivity (Wildman–Crippen MR) is 99.3 cm³/mol. The molecular formula is C19H23F3N2O2S. The van der Waals surface area contributed by atoms with E-state index in [2.05, 4.69) is 9.71 Å². The Hall–Kier alpha value is -2.09. The van der Waals surface area contributed by atoms with Crippen molar-refractivity contribution < 1.29 is 21.6 Å². The highest BCUT2D eigenvalue weighted by Gasteiger charge is 2.31. The van der Waals surface area contributed by atoms with E-state index in [4.69, 9.17) is 0 Å². The first-order chi connectivity index (χ1) is 12.3. The maximum absolute atomic E-state index is 12.6. The lowest BCUT2D eigenvalue weighted by atomic mass is 9.82. The van der Waals surface area contributed by atoms with E-state index in [1.807, 2.05) is 33.8 Å². The minimum atomic E-state index is -4.57. The zero-order valence-electron chi connectivity index (χ0n) is 15.9.